The van der Waals surface area contributed by atoms with Crippen molar-refractivity contribution >= 4 is 34.2 Å². The molecule has 10 nitrogen and oxygen atoms in total. The standard InChI is InChI=1S/C28H20ClF6N7O3/c1-3-20(26(44)37-15-5-6-18-19(9-15)36-11-23(38-18)27(30,31)32)41-12-22(45-2)17(10-25(41)43)16-8-14(29)4-7-21(16)42-13-24(39-40-42)28(33,34)35/h4-13,20H,3H2,1-2H3,(H,37,44). The van der Waals surface area contributed by atoms with Gasteiger partial charge in [-0.2, -0.15) is 26.3 Å². The number of nitrogens with one attached hydrogen (secondary N) is 1. The van der Waals surface area contributed by atoms with Crippen molar-refractivity contribution in [1.29, 1.82) is 0 Å². The van der Waals surface area contributed by atoms with Gasteiger partial charge in [-0.15, -0.1) is 5.10 Å². The van der Waals surface area contributed by atoms with E-state index in [-0.39, 0.29) is 50.7 Å². The number of carbonyl (C=O) groups excluding carboxylic acids is 1. The number of carbonyl (C=O) groups is 1. The number of nitrogens with zero attached hydrogens (tertiary/aromatic N) is 6. The third-order valence-corrected chi connectivity index (χ3v) is 6.90. The molecule has 5 rings (SSSR count). The van der Waals surface area contributed by atoms with E-state index in [1.165, 1.54) is 49.7 Å². The Labute approximate surface area is 254 Å². The van der Waals surface area contributed by atoms with E-state index in [2.05, 4.69) is 25.6 Å². The summed E-state index contributed by atoms with van der Waals surface area (Å²) in [4.78, 5) is 34.0. The first-order chi connectivity index (χ1) is 21.2. The van der Waals surface area contributed by atoms with Crippen molar-refractivity contribution in [2.45, 2.75) is 31.7 Å². The normalized spacial score (nSPS) is 12.7. The van der Waals surface area contributed by atoms with Crippen molar-refractivity contribution < 1.29 is 35.9 Å². The molecule has 0 saturated heterocycles. The minimum atomic E-state index is -4.74. The van der Waals surface area contributed by atoms with Gasteiger partial charge in [0.25, 0.3) is 5.56 Å². The molecule has 1 unspecified atom stereocenters. The molecular weight excluding hydrogens is 632 g/mol. The predicted molar refractivity (Wildman–Crippen MR) is 150 cm³/mol. The van der Waals surface area contributed by atoms with Crippen LogP contribution in [0.15, 0.2) is 65.8 Å². The summed E-state index contributed by atoms with van der Waals surface area (Å²) in [5.41, 5.74) is -2.31. The largest absolute Gasteiger partial charge is 0.495 e. The van der Waals surface area contributed by atoms with Crippen LogP contribution < -0.4 is 15.6 Å². The van der Waals surface area contributed by atoms with Crippen molar-refractivity contribution in [3.8, 4) is 22.6 Å². The first kappa shape index (κ1) is 31.4. The van der Waals surface area contributed by atoms with Crippen LogP contribution in [0.3, 0.4) is 0 Å². The van der Waals surface area contributed by atoms with Gasteiger partial charge in [0.15, 0.2) is 11.4 Å². The molecule has 1 N–H and O–H groups in total. The second kappa shape index (κ2) is 11.8. The fourth-order valence-electron chi connectivity index (χ4n) is 4.54. The molecule has 17 heteroatoms. The minimum Gasteiger partial charge on any atom is -0.495 e. The van der Waals surface area contributed by atoms with Gasteiger partial charge in [0.2, 0.25) is 5.91 Å². The molecule has 0 spiro atoms. The maximum Gasteiger partial charge on any atom is 0.436 e. The highest BCUT2D eigenvalue weighted by Crippen LogP contribution is 2.36. The third-order valence-electron chi connectivity index (χ3n) is 6.67. The van der Waals surface area contributed by atoms with Crippen molar-refractivity contribution in [3.63, 3.8) is 0 Å². The second-order valence-electron chi connectivity index (χ2n) is 9.58. The number of halogens is 7. The number of ether oxygens (including phenoxy) is 1. The average Bonchev–Trinajstić information content (AvgIpc) is 3.48. The molecule has 0 fully saturated rings. The maximum atomic E-state index is 13.4. The highest BCUT2D eigenvalue weighted by atomic mass is 35.5. The number of pyridine rings is 1. The fourth-order valence-corrected chi connectivity index (χ4v) is 4.71. The number of anilines is 1. The van der Waals surface area contributed by atoms with E-state index in [0.717, 1.165) is 15.3 Å². The lowest BCUT2D eigenvalue weighted by Crippen LogP contribution is -2.32. The molecule has 0 aliphatic rings. The van der Waals surface area contributed by atoms with E-state index < -0.39 is 41.2 Å². The Hall–Kier alpha value is -4.99. The van der Waals surface area contributed by atoms with Gasteiger partial charge in [-0.25, -0.2) is 9.67 Å². The molecule has 1 amide bonds. The van der Waals surface area contributed by atoms with Gasteiger partial charge in [-0.1, -0.05) is 23.7 Å². The van der Waals surface area contributed by atoms with Crippen molar-refractivity contribution in [3.05, 3.63) is 87.8 Å². The minimum absolute atomic E-state index is 0.0349. The van der Waals surface area contributed by atoms with Crippen LogP contribution in [-0.4, -0.2) is 42.5 Å². The summed E-state index contributed by atoms with van der Waals surface area (Å²) >= 11 is 6.19. The zero-order valence-electron chi connectivity index (χ0n) is 23.1. The first-order valence-electron chi connectivity index (χ1n) is 12.9. The number of benzene rings is 2. The van der Waals surface area contributed by atoms with Gasteiger partial charge in [0, 0.05) is 27.9 Å². The topological polar surface area (TPSA) is 117 Å². The lowest BCUT2D eigenvalue weighted by molar-refractivity contribution is -0.142. The maximum absolute atomic E-state index is 13.4. The van der Waals surface area contributed by atoms with Gasteiger partial charge in [-0.3, -0.25) is 19.1 Å². The van der Waals surface area contributed by atoms with E-state index in [9.17, 15) is 35.9 Å². The molecule has 0 saturated carbocycles. The SMILES string of the molecule is CCC(C(=O)Nc1ccc2nc(C(F)(F)F)cnc2c1)n1cc(OC)c(-c2cc(Cl)ccc2-n2cc(C(F)(F)F)nn2)cc1=O. The van der Waals surface area contributed by atoms with Crippen molar-refractivity contribution in [1.82, 2.24) is 29.5 Å². The van der Waals surface area contributed by atoms with E-state index >= 15 is 0 Å². The van der Waals surface area contributed by atoms with Gasteiger partial charge < -0.3 is 10.1 Å². The highest BCUT2D eigenvalue weighted by molar-refractivity contribution is 6.31. The van der Waals surface area contributed by atoms with Crippen LogP contribution in [0.25, 0.3) is 27.8 Å². The molecule has 2 aromatic carbocycles. The molecule has 0 aliphatic heterocycles. The van der Waals surface area contributed by atoms with Gasteiger partial charge >= 0.3 is 12.4 Å². The third kappa shape index (κ3) is 6.45. The Bertz CT molecular complexity index is 1970. The number of alkyl halides is 6. The van der Waals surface area contributed by atoms with Crippen LogP contribution >= 0.6 is 11.6 Å². The Morgan fingerprint density at radius 2 is 1.71 bits per heavy atom. The number of hydrogen-bond acceptors (Lipinski definition) is 7. The summed E-state index contributed by atoms with van der Waals surface area (Å²) in [5, 5.41) is 9.59. The van der Waals surface area contributed by atoms with Gasteiger partial charge in [0.05, 0.1) is 42.4 Å². The van der Waals surface area contributed by atoms with E-state index in [0.29, 0.717) is 12.4 Å². The zero-order chi connectivity index (χ0) is 32.7. The highest BCUT2D eigenvalue weighted by Gasteiger charge is 2.35. The van der Waals surface area contributed by atoms with Crippen LogP contribution in [0.2, 0.25) is 5.02 Å². The number of methoxy groups -OCH3 is 1. The molecule has 0 bridgehead atoms. The van der Waals surface area contributed by atoms with Gasteiger partial charge in [-0.05, 0) is 42.8 Å². The van der Waals surface area contributed by atoms with Crippen LogP contribution in [0, 0.1) is 0 Å². The Balaban J connectivity index is 1.48. The van der Waals surface area contributed by atoms with E-state index in [1.54, 1.807) is 6.92 Å². The molecular formula is C28H20ClF6N7O3. The monoisotopic (exact) mass is 651 g/mol. The molecule has 0 radical (unpaired) electrons. The first-order valence-corrected chi connectivity index (χ1v) is 13.3. The predicted octanol–water partition coefficient (Wildman–Crippen LogP) is 6.33. The summed E-state index contributed by atoms with van der Waals surface area (Å²) in [6.45, 7) is 1.65. The van der Waals surface area contributed by atoms with Crippen LogP contribution in [0.4, 0.5) is 32.0 Å². The van der Waals surface area contributed by atoms with Crippen LogP contribution in [0.5, 0.6) is 5.75 Å². The molecule has 1 atom stereocenters. The summed E-state index contributed by atoms with van der Waals surface area (Å²) in [6.07, 6.45) is -6.73. The van der Waals surface area contributed by atoms with Crippen LogP contribution in [-0.2, 0) is 17.1 Å². The second-order valence-corrected chi connectivity index (χ2v) is 10.0. The van der Waals surface area contributed by atoms with Crippen molar-refractivity contribution in [2.24, 2.45) is 0 Å². The van der Waals surface area contributed by atoms with E-state index in [4.69, 9.17) is 16.3 Å². The number of fused-ring (bicyclic) bond motifs is 1. The number of amides is 1. The Morgan fingerprint density at radius 1 is 0.978 bits per heavy atom. The summed E-state index contributed by atoms with van der Waals surface area (Å²) in [5.74, 6) is -0.540. The quantitative estimate of drug-likeness (QED) is 0.205. The molecule has 45 heavy (non-hydrogen) atoms. The molecule has 0 aliphatic carbocycles. The number of hydrogen-bond donors (Lipinski definition) is 1. The lowest BCUT2D eigenvalue weighted by Gasteiger charge is -2.21. The number of aromatic nitrogens is 6. The molecule has 234 valence electrons. The zero-order valence-corrected chi connectivity index (χ0v) is 23.9. The van der Waals surface area contributed by atoms with Gasteiger partial charge in [0.1, 0.15) is 11.8 Å². The summed E-state index contributed by atoms with van der Waals surface area (Å²) in [6, 6.07) is 8.28. The fraction of sp³-hybridized carbons (Fsp3) is 0.214. The van der Waals surface area contributed by atoms with E-state index in [1.807, 2.05) is 0 Å². The molecule has 3 heterocycles. The smallest absolute Gasteiger partial charge is 0.436 e. The molecule has 5 aromatic rings. The summed E-state index contributed by atoms with van der Waals surface area (Å²) < 4.78 is 86.0. The summed E-state index contributed by atoms with van der Waals surface area (Å²) in [7, 11) is 1.30. The Morgan fingerprint density at radius 3 is 2.36 bits per heavy atom. The van der Waals surface area contributed by atoms with Crippen LogP contribution in [0.1, 0.15) is 30.8 Å². The molecule has 3 aromatic heterocycles. The lowest BCUT2D eigenvalue weighted by atomic mass is 10.0. The van der Waals surface area contributed by atoms with Crippen molar-refractivity contribution in [2.75, 3.05) is 12.4 Å². The Kier molecular flexibility index (Phi) is 8.27. The number of rotatable bonds is 7. The average molecular weight is 652 g/mol.